The van der Waals surface area contributed by atoms with Crippen molar-refractivity contribution in [1.82, 2.24) is 0 Å². The number of hydrogen-bond donors (Lipinski definition) is 1. The summed E-state index contributed by atoms with van der Waals surface area (Å²) < 4.78 is 16.5. The molecule has 2 rings (SSSR count). The Labute approximate surface area is 124 Å². The summed E-state index contributed by atoms with van der Waals surface area (Å²) in [6, 6.07) is 14.5. The van der Waals surface area contributed by atoms with Gasteiger partial charge in [-0.25, -0.2) is 0 Å². The van der Waals surface area contributed by atoms with E-state index in [9.17, 15) is 5.11 Å². The highest BCUT2D eigenvalue weighted by Gasteiger charge is 2.01. The average Bonchev–Trinajstić information content (AvgIpc) is 2.49. The average molecular weight is 288 g/mol. The molecule has 0 amide bonds. The molecule has 0 unspecified atom stereocenters. The van der Waals surface area contributed by atoms with Crippen molar-refractivity contribution < 1.29 is 19.3 Å². The third-order valence-electron chi connectivity index (χ3n) is 2.80. The van der Waals surface area contributed by atoms with Crippen molar-refractivity contribution in [2.75, 3.05) is 19.8 Å². The van der Waals surface area contributed by atoms with E-state index in [1.54, 1.807) is 18.2 Å². The molecule has 0 bridgehead atoms. The van der Waals surface area contributed by atoms with Crippen molar-refractivity contribution in [3.05, 3.63) is 48.5 Å². The van der Waals surface area contributed by atoms with E-state index < -0.39 is 0 Å². The molecule has 21 heavy (non-hydrogen) atoms. The lowest BCUT2D eigenvalue weighted by Gasteiger charge is -2.10. The zero-order chi connectivity index (χ0) is 14.9. The fourth-order valence-electron chi connectivity index (χ4n) is 1.83. The molecule has 0 atom stereocenters. The van der Waals surface area contributed by atoms with Gasteiger partial charge < -0.3 is 19.3 Å². The van der Waals surface area contributed by atoms with Gasteiger partial charge in [-0.05, 0) is 31.2 Å². The molecule has 0 aromatic heterocycles. The lowest BCUT2D eigenvalue weighted by atomic mass is 10.3. The zero-order valence-electron chi connectivity index (χ0n) is 12.1. The van der Waals surface area contributed by atoms with E-state index in [1.807, 2.05) is 37.3 Å². The van der Waals surface area contributed by atoms with Gasteiger partial charge in [0.05, 0.1) is 19.8 Å². The third kappa shape index (κ3) is 4.91. The Morgan fingerprint density at radius 1 is 0.857 bits per heavy atom. The Morgan fingerprint density at radius 2 is 1.57 bits per heavy atom. The van der Waals surface area contributed by atoms with Crippen LogP contribution in [-0.4, -0.2) is 24.9 Å². The molecule has 2 aromatic rings. The van der Waals surface area contributed by atoms with Gasteiger partial charge in [0.15, 0.2) is 11.5 Å². The van der Waals surface area contributed by atoms with Crippen molar-refractivity contribution in [1.29, 1.82) is 0 Å². The predicted octanol–water partition coefficient (Wildman–Crippen LogP) is 3.64. The van der Waals surface area contributed by atoms with Gasteiger partial charge in [-0.3, -0.25) is 0 Å². The highest BCUT2D eigenvalue weighted by molar-refractivity contribution is 5.37. The minimum absolute atomic E-state index is 0.155. The number of benzene rings is 2. The lowest BCUT2D eigenvalue weighted by molar-refractivity contribution is 0.240. The van der Waals surface area contributed by atoms with Gasteiger partial charge in [0, 0.05) is 12.5 Å². The Bertz CT molecular complexity index is 554. The Kier molecular flexibility index (Phi) is 5.76. The van der Waals surface area contributed by atoms with Crippen molar-refractivity contribution >= 4 is 0 Å². The van der Waals surface area contributed by atoms with Gasteiger partial charge in [-0.1, -0.05) is 18.2 Å². The van der Waals surface area contributed by atoms with Crippen LogP contribution in [0, 0.1) is 0 Å². The second-order valence-corrected chi connectivity index (χ2v) is 4.43. The van der Waals surface area contributed by atoms with Crippen LogP contribution in [0.25, 0.3) is 0 Å². The molecule has 4 nitrogen and oxygen atoms in total. The number of ether oxygens (including phenoxy) is 3. The molecule has 0 aliphatic carbocycles. The van der Waals surface area contributed by atoms with Gasteiger partial charge in [0.1, 0.15) is 11.5 Å². The minimum Gasteiger partial charge on any atom is -0.504 e. The van der Waals surface area contributed by atoms with Gasteiger partial charge >= 0.3 is 0 Å². The first-order valence-corrected chi connectivity index (χ1v) is 7.06. The van der Waals surface area contributed by atoms with Gasteiger partial charge in [0.25, 0.3) is 0 Å². The van der Waals surface area contributed by atoms with Crippen LogP contribution in [0.15, 0.2) is 48.5 Å². The van der Waals surface area contributed by atoms with Crippen LogP contribution >= 0.6 is 0 Å². The quantitative estimate of drug-likeness (QED) is 0.753. The van der Waals surface area contributed by atoms with Gasteiger partial charge in [-0.15, -0.1) is 0 Å². The van der Waals surface area contributed by atoms with E-state index in [2.05, 4.69) is 0 Å². The lowest BCUT2D eigenvalue weighted by Crippen LogP contribution is -2.05. The molecule has 0 heterocycles. The summed E-state index contributed by atoms with van der Waals surface area (Å²) in [5.74, 6) is 2.24. The molecule has 0 fully saturated rings. The van der Waals surface area contributed by atoms with Crippen LogP contribution in [0.2, 0.25) is 0 Å². The molecule has 0 saturated carbocycles. The second kappa shape index (κ2) is 8.04. The smallest absolute Gasteiger partial charge is 0.160 e. The number of rotatable bonds is 8. The zero-order valence-corrected chi connectivity index (χ0v) is 12.1. The molecular formula is C17H20O4. The first-order valence-electron chi connectivity index (χ1n) is 7.06. The number of phenolic OH excluding ortho intramolecular Hbond substituents is 1. The van der Waals surface area contributed by atoms with Crippen LogP contribution in [0.5, 0.6) is 23.0 Å². The number of phenols is 1. The monoisotopic (exact) mass is 288 g/mol. The molecule has 0 saturated heterocycles. The maximum Gasteiger partial charge on any atom is 0.160 e. The Balaban J connectivity index is 1.70. The summed E-state index contributed by atoms with van der Waals surface area (Å²) in [4.78, 5) is 0. The normalized spacial score (nSPS) is 10.1. The SMILES string of the molecule is CCOc1cccc(OCCCOc2ccccc2O)c1. The topological polar surface area (TPSA) is 47.9 Å². The van der Waals surface area contributed by atoms with Crippen LogP contribution in [0.4, 0.5) is 0 Å². The summed E-state index contributed by atoms with van der Waals surface area (Å²) in [5, 5.41) is 9.56. The van der Waals surface area contributed by atoms with Crippen molar-refractivity contribution in [3.63, 3.8) is 0 Å². The van der Waals surface area contributed by atoms with E-state index in [-0.39, 0.29) is 5.75 Å². The fourth-order valence-corrected chi connectivity index (χ4v) is 1.83. The molecule has 0 aliphatic rings. The van der Waals surface area contributed by atoms with E-state index >= 15 is 0 Å². The number of para-hydroxylation sites is 2. The molecule has 2 aromatic carbocycles. The van der Waals surface area contributed by atoms with E-state index in [0.29, 0.717) is 25.6 Å². The minimum atomic E-state index is 0.155. The summed E-state index contributed by atoms with van der Waals surface area (Å²) in [7, 11) is 0. The fraction of sp³-hybridized carbons (Fsp3) is 0.294. The highest BCUT2D eigenvalue weighted by Crippen LogP contribution is 2.24. The van der Waals surface area contributed by atoms with Crippen molar-refractivity contribution in [2.45, 2.75) is 13.3 Å². The van der Waals surface area contributed by atoms with E-state index in [4.69, 9.17) is 14.2 Å². The third-order valence-corrected chi connectivity index (χ3v) is 2.80. The summed E-state index contributed by atoms with van der Waals surface area (Å²) in [5.41, 5.74) is 0. The first kappa shape index (κ1) is 15.0. The Hall–Kier alpha value is -2.36. The molecule has 4 heteroatoms. The summed E-state index contributed by atoms with van der Waals surface area (Å²) in [6.45, 7) is 3.62. The Morgan fingerprint density at radius 3 is 2.33 bits per heavy atom. The molecule has 1 N–H and O–H groups in total. The van der Waals surface area contributed by atoms with Crippen LogP contribution in [-0.2, 0) is 0 Å². The van der Waals surface area contributed by atoms with Crippen LogP contribution in [0.3, 0.4) is 0 Å². The van der Waals surface area contributed by atoms with Gasteiger partial charge in [0.2, 0.25) is 0 Å². The summed E-state index contributed by atoms with van der Waals surface area (Å²) >= 11 is 0. The first-order chi connectivity index (χ1) is 10.3. The van der Waals surface area contributed by atoms with Crippen molar-refractivity contribution in [3.8, 4) is 23.0 Å². The van der Waals surface area contributed by atoms with Crippen LogP contribution < -0.4 is 14.2 Å². The molecular weight excluding hydrogens is 268 g/mol. The number of hydrogen-bond acceptors (Lipinski definition) is 4. The molecule has 0 aliphatic heterocycles. The van der Waals surface area contributed by atoms with Crippen LogP contribution in [0.1, 0.15) is 13.3 Å². The largest absolute Gasteiger partial charge is 0.504 e. The van der Waals surface area contributed by atoms with E-state index in [1.165, 1.54) is 0 Å². The predicted molar refractivity (Wildman–Crippen MR) is 81.3 cm³/mol. The highest BCUT2D eigenvalue weighted by atomic mass is 16.5. The maximum absolute atomic E-state index is 9.56. The number of aromatic hydroxyl groups is 1. The summed E-state index contributed by atoms with van der Waals surface area (Å²) in [6.07, 6.45) is 0.729. The molecule has 0 spiro atoms. The second-order valence-electron chi connectivity index (χ2n) is 4.43. The van der Waals surface area contributed by atoms with Gasteiger partial charge in [-0.2, -0.15) is 0 Å². The van der Waals surface area contributed by atoms with E-state index in [0.717, 1.165) is 17.9 Å². The molecule has 112 valence electrons. The maximum atomic E-state index is 9.56. The van der Waals surface area contributed by atoms with Crippen molar-refractivity contribution in [2.24, 2.45) is 0 Å². The standard InChI is InChI=1S/C17H20O4/c1-2-19-14-7-5-8-15(13-14)20-11-6-12-21-17-10-4-3-9-16(17)18/h3-5,7-10,13,18H,2,6,11-12H2,1H3. The molecule has 0 radical (unpaired) electrons.